The lowest BCUT2D eigenvalue weighted by atomic mass is 9.99. The number of nitrogens with zero attached hydrogens (tertiary/aromatic N) is 3. The highest BCUT2D eigenvalue weighted by Crippen LogP contribution is 2.29. The van der Waals surface area contributed by atoms with Crippen molar-refractivity contribution in [2.75, 3.05) is 31.5 Å². The second-order valence-corrected chi connectivity index (χ2v) is 8.24. The van der Waals surface area contributed by atoms with E-state index < -0.39 is 4.92 Å². The summed E-state index contributed by atoms with van der Waals surface area (Å²) in [6.45, 7) is 7.92. The lowest BCUT2D eigenvalue weighted by Crippen LogP contribution is -2.35. The standard InChI is InChI=1S/C23H31N5O3/c1-17-9-14-27(15-10-17)13-5-12-25-23(29)19-7-8-21(22(16-19)28(30)31)26-18(2)20-6-3-4-11-24-20/h3-4,6-8,11,16-18,26H,5,9-10,12-15H2,1-2H3,(H,25,29). The van der Waals surface area contributed by atoms with Gasteiger partial charge in [-0.2, -0.15) is 0 Å². The van der Waals surface area contributed by atoms with Gasteiger partial charge >= 0.3 is 0 Å². The lowest BCUT2D eigenvalue weighted by Gasteiger charge is -2.30. The number of piperidine rings is 1. The summed E-state index contributed by atoms with van der Waals surface area (Å²) in [5.41, 5.74) is 1.30. The summed E-state index contributed by atoms with van der Waals surface area (Å²) in [7, 11) is 0. The summed E-state index contributed by atoms with van der Waals surface area (Å²) in [4.78, 5) is 30.3. The van der Waals surface area contributed by atoms with Crippen LogP contribution in [0.1, 0.15) is 55.2 Å². The van der Waals surface area contributed by atoms with Crippen LogP contribution in [0.5, 0.6) is 0 Å². The number of pyridine rings is 1. The van der Waals surface area contributed by atoms with Gasteiger partial charge in [0, 0.05) is 24.4 Å². The molecule has 1 atom stereocenters. The first-order valence-corrected chi connectivity index (χ1v) is 10.9. The summed E-state index contributed by atoms with van der Waals surface area (Å²) in [5, 5.41) is 17.6. The third-order valence-electron chi connectivity index (χ3n) is 5.77. The van der Waals surface area contributed by atoms with Crippen molar-refractivity contribution in [2.24, 2.45) is 5.92 Å². The van der Waals surface area contributed by atoms with E-state index in [0.717, 1.165) is 37.7 Å². The quantitative estimate of drug-likeness (QED) is 0.358. The molecular weight excluding hydrogens is 394 g/mol. The molecule has 8 heteroatoms. The minimum Gasteiger partial charge on any atom is -0.371 e. The number of aromatic nitrogens is 1. The molecule has 0 saturated carbocycles. The van der Waals surface area contributed by atoms with Gasteiger partial charge in [0.05, 0.1) is 16.7 Å². The topological polar surface area (TPSA) is 100 Å². The first-order valence-electron chi connectivity index (χ1n) is 10.9. The Morgan fingerprint density at radius 1 is 1.29 bits per heavy atom. The van der Waals surface area contributed by atoms with Crippen molar-refractivity contribution < 1.29 is 9.72 Å². The molecule has 31 heavy (non-hydrogen) atoms. The molecule has 8 nitrogen and oxygen atoms in total. The van der Waals surface area contributed by atoms with Crippen molar-refractivity contribution in [3.8, 4) is 0 Å². The number of hydrogen-bond acceptors (Lipinski definition) is 6. The van der Waals surface area contributed by atoms with E-state index in [1.165, 1.54) is 18.9 Å². The Kier molecular flexibility index (Phi) is 7.94. The zero-order valence-electron chi connectivity index (χ0n) is 18.2. The first kappa shape index (κ1) is 22.7. The van der Waals surface area contributed by atoms with Gasteiger partial charge in [-0.3, -0.25) is 19.9 Å². The average Bonchev–Trinajstić information content (AvgIpc) is 2.78. The monoisotopic (exact) mass is 425 g/mol. The van der Waals surface area contributed by atoms with Gasteiger partial charge in [-0.15, -0.1) is 0 Å². The van der Waals surface area contributed by atoms with Gasteiger partial charge in [0.15, 0.2) is 0 Å². The van der Waals surface area contributed by atoms with Crippen LogP contribution in [-0.4, -0.2) is 46.9 Å². The Balaban J connectivity index is 1.55. The predicted octanol–water partition coefficient (Wildman–Crippen LogP) is 4.01. The van der Waals surface area contributed by atoms with Crippen molar-refractivity contribution in [3.05, 3.63) is 64.0 Å². The molecule has 1 aromatic carbocycles. The second-order valence-electron chi connectivity index (χ2n) is 8.24. The maximum atomic E-state index is 12.5. The molecule has 1 fully saturated rings. The van der Waals surface area contributed by atoms with Crippen LogP contribution in [-0.2, 0) is 0 Å². The molecule has 3 rings (SSSR count). The third kappa shape index (κ3) is 6.49. The minimum absolute atomic E-state index is 0.127. The van der Waals surface area contributed by atoms with Gasteiger partial charge in [-0.25, -0.2) is 0 Å². The van der Waals surface area contributed by atoms with Gasteiger partial charge in [0.2, 0.25) is 0 Å². The van der Waals surface area contributed by atoms with Crippen LogP contribution in [0.4, 0.5) is 11.4 Å². The van der Waals surface area contributed by atoms with Crippen LogP contribution in [0, 0.1) is 16.0 Å². The van der Waals surface area contributed by atoms with Crippen molar-refractivity contribution in [2.45, 2.75) is 39.2 Å². The Morgan fingerprint density at radius 3 is 2.74 bits per heavy atom. The zero-order valence-corrected chi connectivity index (χ0v) is 18.2. The largest absolute Gasteiger partial charge is 0.371 e. The minimum atomic E-state index is -0.471. The number of rotatable bonds is 9. The van der Waals surface area contributed by atoms with Crippen LogP contribution in [0.25, 0.3) is 0 Å². The number of nitro groups is 1. The van der Waals surface area contributed by atoms with E-state index in [1.54, 1.807) is 18.3 Å². The number of hydrogen-bond donors (Lipinski definition) is 2. The zero-order chi connectivity index (χ0) is 22.2. The van der Waals surface area contributed by atoms with E-state index >= 15 is 0 Å². The molecule has 0 radical (unpaired) electrons. The molecule has 1 amide bonds. The van der Waals surface area contributed by atoms with Gasteiger partial charge in [0.1, 0.15) is 5.69 Å². The van der Waals surface area contributed by atoms with E-state index in [0.29, 0.717) is 12.2 Å². The van der Waals surface area contributed by atoms with Gasteiger partial charge in [0.25, 0.3) is 11.6 Å². The van der Waals surface area contributed by atoms with Crippen LogP contribution in [0.3, 0.4) is 0 Å². The predicted molar refractivity (Wildman–Crippen MR) is 121 cm³/mol. The van der Waals surface area contributed by atoms with Crippen LogP contribution < -0.4 is 10.6 Å². The fourth-order valence-corrected chi connectivity index (χ4v) is 3.78. The fraction of sp³-hybridized carbons (Fsp3) is 0.478. The summed E-state index contributed by atoms with van der Waals surface area (Å²) in [5.74, 6) is 0.510. The molecule has 1 aromatic heterocycles. The molecule has 166 valence electrons. The molecule has 1 aliphatic rings. The van der Waals surface area contributed by atoms with E-state index in [-0.39, 0.29) is 23.2 Å². The molecule has 2 heterocycles. The molecule has 0 bridgehead atoms. The highest BCUT2D eigenvalue weighted by Gasteiger charge is 2.20. The lowest BCUT2D eigenvalue weighted by molar-refractivity contribution is -0.384. The highest BCUT2D eigenvalue weighted by molar-refractivity contribution is 5.95. The van der Waals surface area contributed by atoms with E-state index in [9.17, 15) is 14.9 Å². The van der Waals surface area contributed by atoms with Gasteiger partial charge in [-0.1, -0.05) is 13.0 Å². The van der Waals surface area contributed by atoms with Crippen LogP contribution in [0.15, 0.2) is 42.6 Å². The number of amides is 1. The molecule has 0 aliphatic carbocycles. The van der Waals surface area contributed by atoms with Gasteiger partial charge < -0.3 is 15.5 Å². The molecule has 2 N–H and O–H groups in total. The average molecular weight is 426 g/mol. The number of nitrogens with one attached hydrogen (secondary N) is 2. The molecule has 1 saturated heterocycles. The molecule has 0 spiro atoms. The van der Waals surface area contributed by atoms with Crippen LogP contribution >= 0.6 is 0 Å². The Bertz CT molecular complexity index is 882. The van der Waals surface area contributed by atoms with Crippen LogP contribution in [0.2, 0.25) is 0 Å². The number of nitro benzene ring substituents is 1. The third-order valence-corrected chi connectivity index (χ3v) is 5.77. The normalized spacial score (nSPS) is 15.9. The second kappa shape index (κ2) is 10.9. The summed E-state index contributed by atoms with van der Waals surface area (Å²) < 4.78 is 0. The SMILES string of the molecule is CC1CCN(CCCNC(=O)c2ccc(NC(C)c3ccccn3)c([N+](=O)[O-])c2)CC1. The van der Waals surface area contributed by atoms with Crippen molar-refractivity contribution in [1.82, 2.24) is 15.2 Å². The van der Waals surface area contributed by atoms with Crippen molar-refractivity contribution in [3.63, 3.8) is 0 Å². The first-order chi connectivity index (χ1) is 14.9. The van der Waals surface area contributed by atoms with Crippen molar-refractivity contribution >= 4 is 17.3 Å². The van der Waals surface area contributed by atoms with E-state index in [2.05, 4.69) is 27.4 Å². The fourth-order valence-electron chi connectivity index (χ4n) is 3.78. The smallest absolute Gasteiger partial charge is 0.293 e. The Labute approximate surface area is 183 Å². The van der Waals surface area contributed by atoms with Crippen molar-refractivity contribution in [1.29, 1.82) is 0 Å². The number of carbonyl (C=O) groups excluding carboxylic acids is 1. The number of benzene rings is 1. The summed E-state index contributed by atoms with van der Waals surface area (Å²) >= 11 is 0. The maximum absolute atomic E-state index is 12.5. The maximum Gasteiger partial charge on any atom is 0.293 e. The molecule has 1 unspecified atom stereocenters. The summed E-state index contributed by atoms with van der Waals surface area (Å²) in [6.07, 6.45) is 5.01. The Morgan fingerprint density at radius 2 is 2.06 bits per heavy atom. The summed E-state index contributed by atoms with van der Waals surface area (Å²) in [6, 6.07) is 9.86. The number of likely N-dealkylation sites (tertiary alicyclic amines) is 1. The molecular formula is C23H31N5O3. The molecule has 1 aliphatic heterocycles. The molecule has 2 aromatic rings. The van der Waals surface area contributed by atoms with E-state index in [4.69, 9.17) is 0 Å². The Hall–Kier alpha value is -3.00. The number of anilines is 1. The highest BCUT2D eigenvalue weighted by atomic mass is 16.6. The van der Waals surface area contributed by atoms with Gasteiger partial charge in [-0.05, 0) is 76.0 Å². The number of carbonyl (C=O) groups is 1. The van der Waals surface area contributed by atoms with E-state index in [1.807, 2.05) is 25.1 Å².